The molecule has 2 aromatic heterocycles. The molecule has 3 rings (SSSR count). The van der Waals surface area contributed by atoms with Gasteiger partial charge in [0.05, 0.1) is 5.52 Å². The summed E-state index contributed by atoms with van der Waals surface area (Å²) in [7, 11) is 0. The minimum absolute atomic E-state index is 0.00574. The highest BCUT2D eigenvalue weighted by Crippen LogP contribution is 2.23. The van der Waals surface area contributed by atoms with E-state index in [2.05, 4.69) is 34.2 Å². The van der Waals surface area contributed by atoms with Gasteiger partial charge in [0.25, 0.3) is 0 Å². The summed E-state index contributed by atoms with van der Waals surface area (Å²) >= 11 is 0. The molecule has 0 amide bonds. The molecule has 1 atom stereocenters. The normalized spacial score (nSPS) is 12.4. The average molecular weight is 263 g/mol. The lowest BCUT2D eigenvalue weighted by Crippen LogP contribution is -2.12. The van der Waals surface area contributed by atoms with Crippen LogP contribution in [0.15, 0.2) is 61.1 Å². The van der Waals surface area contributed by atoms with Crippen LogP contribution < -0.4 is 5.73 Å². The second kappa shape index (κ2) is 5.80. The predicted molar refractivity (Wildman–Crippen MR) is 81.2 cm³/mol. The SMILES string of the molecule is NC(CCc1cccnc1)c1cccc2cccnc12. The fourth-order valence-corrected chi connectivity index (χ4v) is 2.45. The molecule has 0 saturated carbocycles. The third-order valence-corrected chi connectivity index (χ3v) is 3.53. The van der Waals surface area contributed by atoms with Gasteiger partial charge in [-0.1, -0.05) is 30.3 Å². The molecule has 20 heavy (non-hydrogen) atoms. The van der Waals surface area contributed by atoms with E-state index in [0.717, 1.165) is 29.3 Å². The molecule has 2 N–H and O–H groups in total. The van der Waals surface area contributed by atoms with Gasteiger partial charge in [0, 0.05) is 30.0 Å². The number of nitrogens with zero attached hydrogens (tertiary/aromatic N) is 2. The highest BCUT2D eigenvalue weighted by atomic mass is 14.7. The zero-order valence-corrected chi connectivity index (χ0v) is 11.2. The number of benzene rings is 1. The van der Waals surface area contributed by atoms with Crippen molar-refractivity contribution in [3.63, 3.8) is 0 Å². The third kappa shape index (κ3) is 2.68. The first kappa shape index (κ1) is 12.8. The van der Waals surface area contributed by atoms with E-state index in [1.165, 1.54) is 5.56 Å². The fourth-order valence-electron chi connectivity index (χ4n) is 2.45. The quantitative estimate of drug-likeness (QED) is 0.786. The number of hydrogen-bond acceptors (Lipinski definition) is 3. The second-order valence-electron chi connectivity index (χ2n) is 4.93. The van der Waals surface area contributed by atoms with Crippen molar-refractivity contribution in [3.05, 3.63) is 72.2 Å². The van der Waals surface area contributed by atoms with Crippen molar-refractivity contribution in [2.45, 2.75) is 18.9 Å². The van der Waals surface area contributed by atoms with E-state index < -0.39 is 0 Å². The average Bonchev–Trinajstić information content (AvgIpc) is 2.53. The van der Waals surface area contributed by atoms with Gasteiger partial charge in [0.2, 0.25) is 0 Å². The largest absolute Gasteiger partial charge is 0.324 e. The van der Waals surface area contributed by atoms with Crippen molar-refractivity contribution in [1.82, 2.24) is 9.97 Å². The van der Waals surface area contributed by atoms with Gasteiger partial charge in [-0.25, -0.2) is 0 Å². The number of fused-ring (bicyclic) bond motifs is 1. The molecule has 3 aromatic rings. The first-order valence-corrected chi connectivity index (χ1v) is 6.83. The van der Waals surface area contributed by atoms with E-state index in [0.29, 0.717) is 0 Å². The summed E-state index contributed by atoms with van der Waals surface area (Å²) in [6.45, 7) is 0. The van der Waals surface area contributed by atoms with Crippen LogP contribution in [0.4, 0.5) is 0 Å². The van der Waals surface area contributed by atoms with Gasteiger partial charge in [-0.05, 0) is 36.1 Å². The molecule has 0 bridgehead atoms. The zero-order valence-electron chi connectivity index (χ0n) is 11.2. The zero-order chi connectivity index (χ0) is 13.8. The highest BCUT2D eigenvalue weighted by Gasteiger charge is 2.10. The minimum Gasteiger partial charge on any atom is -0.324 e. The molecular formula is C17H17N3. The van der Waals surface area contributed by atoms with Crippen LogP contribution in [-0.2, 0) is 6.42 Å². The summed E-state index contributed by atoms with van der Waals surface area (Å²) in [6.07, 6.45) is 7.32. The smallest absolute Gasteiger partial charge is 0.0749 e. The molecule has 0 fully saturated rings. The molecule has 0 saturated heterocycles. The Morgan fingerprint density at radius 3 is 2.70 bits per heavy atom. The molecule has 0 radical (unpaired) electrons. The Morgan fingerprint density at radius 2 is 1.85 bits per heavy atom. The summed E-state index contributed by atoms with van der Waals surface area (Å²) in [6, 6.07) is 14.2. The Morgan fingerprint density at radius 1 is 1.00 bits per heavy atom. The minimum atomic E-state index is -0.00574. The maximum Gasteiger partial charge on any atom is 0.0749 e. The van der Waals surface area contributed by atoms with Crippen molar-refractivity contribution >= 4 is 10.9 Å². The lowest BCUT2D eigenvalue weighted by molar-refractivity contribution is 0.654. The summed E-state index contributed by atoms with van der Waals surface area (Å²) in [5.74, 6) is 0. The second-order valence-corrected chi connectivity index (χ2v) is 4.93. The van der Waals surface area contributed by atoms with E-state index in [9.17, 15) is 0 Å². The van der Waals surface area contributed by atoms with Gasteiger partial charge in [-0.3, -0.25) is 9.97 Å². The molecule has 0 aliphatic carbocycles. The van der Waals surface area contributed by atoms with Crippen molar-refractivity contribution in [2.75, 3.05) is 0 Å². The van der Waals surface area contributed by atoms with Crippen molar-refractivity contribution in [2.24, 2.45) is 5.73 Å². The number of aromatic nitrogens is 2. The van der Waals surface area contributed by atoms with Crippen molar-refractivity contribution in [3.8, 4) is 0 Å². The van der Waals surface area contributed by atoms with Crippen LogP contribution in [-0.4, -0.2) is 9.97 Å². The summed E-state index contributed by atoms with van der Waals surface area (Å²) in [4.78, 5) is 8.60. The van der Waals surface area contributed by atoms with Crippen LogP contribution >= 0.6 is 0 Å². The van der Waals surface area contributed by atoms with E-state index in [1.807, 2.05) is 30.6 Å². The third-order valence-electron chi connectivity index (χ3n) is 3.53. The molecule has 3 heteroatoms. The summed E-state index contributed by atoms with van der Waals surface area (Å²) < 4.78 is 0. The number of rotatable bonds is 4. The van der Waals surface area contributed by atoms with Crippen LogP contribution in [0.3, 0.4) is 0 Å². The number of aryl methyl sites for hydroxylation is 1. The number of hydrogen-bond donors (Lipinski definition) is 1. The van der Waals surface area contributed by atoms with Gasteiger partial charge in [0.1, 0.15) is 0 Å². The summed E-state index contributed by atoms with van der Waals surface area (Å²) in [5, 5.41) is 1.14. The molecule has 0 aliphatic heterocycles. The number of nitrogens with two attached hydrogens (primary N) is 1. The molecule has 0 spiro atoms. The van der Waals surface area contributed by atoms with Gasteiger partial charge >= 0.3 is 0 Å². The van der Waals surface area contributed by atoms with E-state index in [4.69, 9.17) is 5.73 Å². The predicted octanol–water partition coefficient (Wildman–Crippen LogP) is 3.26. The lowest BCUT2D eigenvalue weighted by Gasteiger charge is -2.14. The van der Waals surface area contributed by atoms with Crippen LogP contribution in [0.1, 0.15) is 23.6 Å². The van der Waals surface area contributed by atoms with Crippen molar-refractivity contribution in [1.29, 1.82) is 0 Å². The van der Waals surface area contributed by atoms with Gasteiger partial charge in [-0.2, -0.15) is 0 Å². The van der Waals surface area contributed by atoms with Crippen LogP contribution in [0, 0.1) is 0 Å². The molecule has 100 valence electrons. The van der Waals surface area contributed by atoms with Crippen LogP contribution in [0.5, 0.6) is 0 Å². The Labute approximate surface area is 118 Å². The van der Waals surface area contributed by atoms with E-state index in [-0.39, 0.29) is 6.04 Å². The molecule has 0 aliphatic rings. The molecule has 1 unspecified atom stereocenters. The molecule has 1 aromatic carbocycles. The number of para-hydroxylation sites is 1. The van der Waals surface area contributed by atoms with Crippen molar-refractivity contribution < 1.29 is 0 Å². The Kier molecular flexibility index (Phi) is 3.70. The molecular weight excluding hydrogens is 246 g/mol. The van der Waals surface area contributed by atoms with Gasteiger partial charge in [-0.15, -0.1) is 0 Å². The molecule has 3 nitrogen and oxygen atoms in total. The molecule has 2 heterocycles. The van der Waals surface area contributed by atoms with Gasteiger partial charge in [0.15, 0.2) is 0 Å². The lowest BCUT2D eigenvalue weighted by atomic mass is 9.98. The topological polar surface area (TPSA) is 51.8 Å². The Balaban J connectivity index is 1.80. The van der Waals surface area contributed by atoms with E-state index in [1.54, 1.807) is 6.20 Å². The van der Waals surface area contributed by atoms with Crippen LogP contribution in [0.2, 0.25) is 0 Å². The first-order valence-electron chi connectivity index (χ1n) is 6.83. The maximum atomic E-state index is 6.35. The standard InChI is InChI=1S/C17H17N3/c18-16(9-8-13-4-2-10-19-12-13)15-7-1-5-14-6-3-11-20-17(14)15/h1-7,10-12,16H,8-9,18H2. The fraction of sp³-hybridized carbons (Fsp3) is 0.176. The first-order chi connectivity index (χ1) is 9.84. The monoisotopic (exact) mass is 263 g/mol. The summed E-state index contributed by atoms with van der Waals surface area (Å²) in [5.41, 5.74) is 9.69. The van der Waals surface area contributed by atoms with E-state index >= 15 is 0 Å². The number of pyridine rings is 2. The Hall–Kier alpha value is -2.26. The van der Waals surface area contributed by atoms with Crippen LogP contribution in [0.25, 0.3) is 10.9 Å². The Bertz CT molecular complexity index is 689. The van der Waals surface area contributed by atoms with Gasteiger partial charge < -0.3 is 5.73 Å². The maximum absolute atomic E-state index is 6.35. The highest BCUT2D eigenvalue weighted by molar-refractivity contribution is 5.81.